The Morgan fingerprint density at radius 1 is 1.59 bits per heavy atom. The molecule has 0 spiro atoms. The second-order valence-electron chi connectivity index (χ2n) is 4.39. The van der Waals surface area contributed by atoms with Crippen LogP contribution < -0.4 is 10.6 Å². The number of nitrogens with one attached hydrogen (secondary N) is 2. The van der Waals surface area contributed by atoms with E-state index >= 15 is 0 Å². The van der Waals surface area contributed by atoms with Crippen LogP contribution in [0.1, 0.15) is 13.3 Å². The van der Waals surface area contributed by atoms with Crippen LogP contribution in [0, 0.1) is 0 Å². The number of likely N-dealkylation sites (N-methyl/N-ethyl adjacent to an activating group) is 1. The molecule has 1 fully saturated rings. The molecule has 1 atom stereocenters. The van der Waals surface area contributed by atoms with Gasteiger partial charge >= 0.3 is 6.09 Å². The summed E-state index contributed by atoms with van der Waals surface area (Å²) in [5.74, 6) is 0. The van der Waals surface area contributed by atoms with E-state index in [2.05, 4.69) is 33.8 Å². The quantitative estimate of drug-likeness (QED) is 0.668. The van der Waals surface area contributed by atoms with E-state index < -0.39 is 0 Å². The summed E-state index contributed by atoms with van der Waals surface area (Å²) in [6.07, 6.45) is 0.632. The summed E-state index contributed by atoms with van der Waals surface area (Å²) in [6, 6.07) is 0.203. The minimum absolute atomic E-state index is 0.203. The lowest BCUT2D eigenvalue weighted by Gasteiger charge is -2.18. The topological polar surface area (TPSA) is 53.6 Å². The van der Waals surface area contributed by atoms with Crippen LogP contribution in [0.4, 0.5) is 4.79 Å². The fourth-order valence-electron chi connectivity index (χ4n) is 1.99. The second kappa shape index (κ2) is 7.29. The number of nitrogens with zero attached hydrogens (tertiary/aromatic N) is 1. The molecule has 5 nitrogen and oxygen atoms in total. The average Bonchev–Trinajstić information content (AvgIpc) is 2.73. The van der Waals surface area contributed by atoms with E-state index in [1.165, 1.54) is 12.7 Å². The van der Waals surface area contributed by atoms with Crippen molar-refractivity contribution in [2.45, 2.75) is 19.4 Å². The first kappa shape index (κ1) is 14.0. The molecule has 1 heterocycles. The lowest BCUT2D eigenvalue weighted by molar-refractivity contribution is 0.166. The molecule has 1 aliphatic rings. The zero-order chi connectivity index (χ0) is 12.7. The smallest absolute Gasteiger partial charge is 0.407 e. The van der Waals surface area contributed by atoms with Crippen LogP contribution in [0.2, 0.25) is 0 Å². The van der Waals surface area contributed by atoms with Gasteiger partial charge in [-0.15, -0.1) is 0 Å². The highest BCUT2D eigenvalue weighted by Gasteiger charge is 2.23. The SMILES string of the molecule is C=C(CNCC)CN1CCC(NC(=O)OC)C1. The molecule has 1 saturated heterocycles. The fourth-order valence-corrected chi connectivity index (χ4v) is 1.99. The van der Waals surface area contributed by atoms with Crippen molar-refractivity contribution in [3.8, 4) is 0 Å². The predicted molar refractivity (Wildman–Crippen MR) is 68.1 cm³/mol. The van der Waals surface area contributed by atoms with E-state index in [4.69, 9.17) is 0 Å². The average molecular weight is 241 g/mol. The first-order valence-corrected chi connectivity index (χ1v) is 6.10. The molecule has 0 aliphatic carbocycles. The van der Waals surface area contributed by atoms with Crippen LogP contribution in [-0.4, -0.2) is 56.9 Å². The number of hydrogen-bond donors (Lipinski definition) is 2. The Labute approximate surface area is 103 Å². The van der Waals surface area contributed by atoms with E-state index in [1.54, 1.807) is 0 Å². The molecule has 17 heavy (non-hydrogen) atoms. The molecule has 5 heteroatoms. The first-order chi connectivity index (χ1) is 8.15. The van der Waals surface area contributed by atoms with Crippen LogP contribution in [0.5, 0.6) is 0 Å². The van der Waals surface area contributed by atoms with E-state index in [9.17, 15) is 4.79 Å². The summed E-state index contributed by atoms with van der Waals surface area (Å²) < 4.78 is 4.59. The fraction of sp³-hybridized carbons (Fsp3) is 0.750. The van der Waals surface area contributed by atoms with Crippen LogP contribution in [0.25, 0.3) is 0 Å². The Balaban J connectivity index is 2.21. The van der Waals surface area contributed by atoms with Crippen LogP contribution >= 0.6 is 0 Å². The highest BCUT2D eigenvalue weighted by atomic mass is 16.5. The summed E-state index contributed by atoms with van der Waals surface area (Å²) in [6.45, 7) is 10.7. The van der Waals surface area contributed by atoms with Gasteiger partial charge in [0.25, 0.3) is 0 Å². The summed E-state index contributed by atoms with van der Waals surface area (Å²) in [5.41, 5.74) is 1.19. The standard InChI is InChI=1S/C12H23N3O2/c1-4-13-7-10(2)8-15-6-5-11(9-15)14-12(16)17-3/h11,13H,2,4-9H2,1,3H3,(H,14,16). The predicted octanol–water partition coefficient (Wildman–Crippen LogP) is 0.582. The van der Waals surface area contributed by atoms with E-state index in [0.29, 0.717) is 0 Å². The largest absolute Gasteiger partial charge is 0.453 e. The number of amides is 1. The molecule has 0 radical (unpaired) electrons. The molecule has 0 aromatic rings. The Hall–Kier alpha value is -1.07. The van der Waals surface area contributed by atoms with Crippen molar-refractivity contribution in [1.82, 2.24) is 15.5 Å². The number of alkyl carbamates (subject to hydrolysis) is 1. The van der Waals surface area contributed by atoms with Gasteiger partial charge in [-0.3, -0.25) is 4.90 Å². The van der Waals surface area contributed by atoms with Crippen molar-refractivity contribution in [2.75, 3.05) is 39.8 Å². The summed E-state index contributed by atoms with van der Waals surface area (Å²) in [4.78, 5) is 13.4. The Kier molecular flexibility index (Phi) is 6.00. The lowest BCUT2D eigenvalue weighted by Crippen LogP contribution is -2.37. The number of methoxy groups -OCH3 is 1. The zero-order valence-corrected chi connectivity index (χ0v) is 10.8. The molecule has 2 N–H and O–H groups in total. The van der Waals surface area contributed by atoms with E-state index in [0.717, 1.165) is 39.1 Å². The summed E-state index contributed by atoms with van der Waals surface area (Å²) in [7, 11) is 1.39. The lowest BCUT2D eigenvalue weighted by atomic mass is 10.2. The van der Waals surface area contributed by atoms with Gasteiger partial charge in [-0.05, 0) is 18.5 Å². The van der Waals surface area contributed by atoms with E-state index in [-0.39, 0.29) is 12.1 Å². The van der Waals surface area contributed by atoms with Crippen molar-refractivity contribution in [1.29, 1.82) is 0 Å². The Morgan fingerprint density at radius 3 is 3.00 bits per heavy atom. The molecule has 0 aromatic heterocycles. The number of likely N-dealkylation sites (tertiary alicyclic amines) is 1. The minimum Gasteiger partial charge on any atom is -0.453 e. The van der Waals surface area contributed by atoms with Gasteiger partial charge in [0.05, 0.1) is 7.11 Å². The second-order valence-corrected chi connectivity index (χ2v) is 4.39. The van der Waals surface area contributed by atoms with Gasteiger partial charge in [-0.25, -0.2) is 4.79 Å². The van der Waals surface area contributed by atoms with Gasteiger partial charge in [0, 0.05) is 32.2 Å². The van der Waals surface area contributed by atoms with Gasteiger partial charge in [0.15, 0.2) is 0 Å². The van der Waals surface area contributed by atoms with Crippen molar-refractivity contribution < 1.29 is 9.53 Å². The van der Waals surface area contributed by atoms with Crippen molar-refractivity contribution >= 4 is 6.09 Å². The number of hydrogen-bond acceptors (Lipinski definition) is 4. The Bertz CT molecular complexity index is 268. The monoisotopic (exact) mass is 241 g/mol. The molecule has 1 amide bonds. The molecule has 1 rings (SSSR count). The number of carbonyl (C=O) groups is 1. The maximum atomic E-state index is 11.1. The van der Waals surface area contributed by atoms with Crippen molar-refractivity contribution in [3.63, 3.8) is 0 Å². The molecule has 0 saturated carbocycles. The van der Waals surface area contributed by atoms with Gasteiger partial charge < -0.3 is 15.4 Å². The first-order valence-electron chi connectivity index (χ1n) is 6.10. The Morgan fingerprint density at radius 2 is 2.35 bits per heavy atom. The van der Waals surface area contributed by atoms with Crippen molar-refractivity contribution in [2.24, 2.45) is 0 Å². The van der Waals surface area contributed by atoms with E-state index in [1.807, 2.05) is 0 Å². The maximum absolute atomic E-state index is 11.1. The summed E-state index contributed by atoms with van der Waals surface area (Å²) in [5, 5.41) is 6.09. The molecule has 0 bridgehead atoms. The molecule has 1 unspecified atom stereocenters. The molecular formula is C12H23N3O2. The normalized spacial score (nSPS) is 20.2. The molecular weight excluding hydrogens is 218 g/mol. The highest BCUT2D eigenvalue weighted by molar-refractivity contribution is 5.67. The molecule has 0 aromatic carbocycles. The maximum Gasteiger partial charge on any atom is 0.407 e. The third kappa shape index (κ3) is 5.19. The third-order valence-corrected chi connectivity index (χ3v) is 2.85. The number of rotatable bonds is 6. The van der Waals surface area contributed by atoms with Gasteiger partial charge in [-0.1, -0.05) is 13.5 Å². The highest BCUT2D eigenvalue weighted by Crippen LogP contribution is 2.10. The zero-order valence-electron chi connectivity index (χ0n) is 10.8. The third-order valence-electron chi connectivity index (χ3n) is 2.85. The number of ether oxygens (including phenoxy) is 1. The molecule has 1 aliphatic heterocycles. The van der Waals surface area contributed by atoms with Gasteiger partial charge in [-0.2, -0.15) is 0 Å². The van der Waals surface area contributed by atoms with Crippen molar-refractivity contribution in [3.05, 3.63) is 12.2 Å². The van der Waals surface area contributed by atoms with Crippen LogP contribution in [0.15, 0.2) is 12.2 Å². The number of carbonyl (C=O) groups excluding carboxylic acids is 1. The van der Waals surface area contributed by atoms with Gasteiger partial charge in [0.2, 0.25) is 0 Å². The van der Waals surface area contributed by atoms with Gasteiger partial charge in [0.1, 0.15) is 0 Å². The molecule has 98 valence electrons. The minimum atomic E-state index is -0.344. The summed E-state index contributed by atoms with van der Waals surface area (Å²) >= 11 is 0. The van der Waals surface area contributed by atoms with Crippen LogP contribution in [-0.2, 0) is 4.74 Å². The van der Waals surface area contributed by atoms with Crippen LogP contribution in [0.3, 0.4) is 0 Å².